The molecule has 1 amide bonds. The van der Waals surface area contributed by atoms with Crippen LogP contribution in [0.2, 0.25) is 0 Å². The molecule has 6 nitrogen and oxygen atoms in total. The number of ether oxygens (including phenoxy) is 2. The second-order valence-electron chi connectivity index (χ2n) is 7.54. The molecular weight excluding hydrogens is 400 g/mol. The van der Waals surface area contributed by atoms with Gasteiger partial charge in [-0.15, -0.1) is 11.3 Å². The zero-order valence-electron chi connectivity index (χ0n) is 17.5. The number of rotatable bonds is 8. The largest absolute Gasteiger partial charge is 0.467 e. The van der Waals surface area contributed by atoms with Crippen LogP contribution >= 0.6 is 11.3 Å². The third kappa shape index (κ3) is 7.15. The van der Waals surface area contributed by atoms with E-state index in [2.05, 4.69) is 16.3 Å². The fourth-order valence-electron chi connectivity index (χ4n) is 3.58. The van der Waals surface area contributed by atoms with E-state index in [1.165, 1.54) is 37.7 Å². The van der Waals surface area contributed by atoms with Gasteiger partial charge in [-0.2, -0.15) is 0 Å². The number of nitrogens with zero attached hydrogens (tertiary/aromatic N) is 1. The zero-order valence-corrected chi connectivity index (χ0v) is 18.3. The van der Waals surface area contributed by atoms with Gasteiger partial charge in [-0.25, -0.2) is 9.59 Å². The van der Waals surface area contributed by atoms with Gasteiger partial charge >= 0.3 is 12.1 Å². The summed E-state index contributed by atoms with van der Waals surface area (Å²) in [6.07, 6.45) is 4.92. The van der Waals surface area contributed by atoms with Crippen LogP contribution in [-0.2, 0) is 33.8 Å². The van der Waals surface area contributed by atoms with E-state index in [9.17, 15) is 9.59 Å². The summed E-state index contributed by atoms with van der Waals surface area (Å²) >= 11 is 1.69. The van der Waals surface area contributed by atoms with E-state index in [-0.39, 0.29) is 6.61 Å². The fourth-order valence-corrected chi connectivity index (χ4v) is 4.68. The first-order valence-corrected chi connectivity index (χ1v) is 11.3. The van der Waals surface area contributed by atoms with Crippen molar-refractivity contribution in [3.05, 3.63) is 57.8 Å². The van der Waals surface area contributed by atoms with E-state index in [0.29, 0.717) is 6.42 Å². The minimum absolute atomic E-state index is 0.152. The number of amides is 1. The van der Waals surface area contributed by atoms with Crippen molar-refractivity contribution in [1.82, 2.24) is 10.2 Å². The molecule has 1 N–H and O–H groups in total. The smallest absolute Gasteiger partial charge is 0.408 e. The number of thiophene rings is 1. The molecule has 0 bridgehead atoms. The lowest BCUT2D eigenvalue weighted by atomic mass is 10.2. The highest BCUT2D eigenvalue weighted by Crippen LogP contribution is 2.22. The van der Waals surface area contributed by atoms with E-state index in [1.807, 2.05) is 36.4 Å². The van der Waals surface area contributed by atoms with Gasteiger partial charge in [0.15, 0.2) is 0 Å². The number of hydrogen-bond donors (Lipinski definition) is 1. The Morgan fingerprint density at radius 1 is 1.03 bits per heavy atom. The number of hydrogen-bond acceptors (Lipinski definition) is 6. The molecule has 2 aromatic rings. The van der Waals surface area contributed by atoms with Crippen molar-refractivity contribution >= 4 is 23.4 Å². The molecule has 0 aliphatic carbocycles. The summed E-state index contributed by atoms with van der Waals surface area (Å²) in [7, 11) is 1.32. The molecule has 1 atom stereocenters. The number of likely N-dealkylation sites (tertiary alicyclic amines) is 1. The Kier molecular flexibility index (Phi) is 8.71. The summed E-state index contributed by atoms with van der Waals surface area (Å²) in [5.41, 5.74) is 0.888. The van der Waals surface area contributed by atoms with Crippen molar-refractivity contribution in [2.45, 2.75) is 51.3 Å². The van der Waals surface area contributed by atoms with Crippen LogP contribution in [0.3, 0.4) is 0 Å². The van der Waals surface area contributed by atoms with Crippen molar-refractivity contribution in [3.8, 4) is 0 Å². The quantitative estimate of drug-likeness (QED) is 0.638. The van der Waals surface area contributed by atoms with Crippen LogP contribution in [0.25, 0.3) is 0 Å². The Hall–Kier alpha value is -2.38. The monoisotopic (exact) mass is 430 g/mol. The molecule has 1 aromatic carbocycles. The normalized spacial score (nSPS) is 15.8. The van der Waals surface area contributed by atoms with Gasteiger partial charge in [0, 0.05) is 22.7 Å². The van der Waals surface area contributed by atoms with Crippen LogP contribution in [-0.4, -0.2) is 43.2 Å². The topological polar surface area (TPSA) is 67.9 Å². The second kappa shape index (κ2) is 11.7. The Bertz CT molecular complexity index is 801. The van der Waals surface area contributed by atoms with Crippen LogP contribution in [0.15, 0.2) is 42.5 Å². The molecule has 0 radical (unpaired) electrons. The number of benzene rings is 1. The number of carbonyl (C=O) groups excluding carboxylic acids is 2. The van der Waals surface area contributed by atoms with Gasteiger partial charge in [-0.05, 0) is 43.6 Å². The first-order chi connectivity index (χ1) is 14.6. The number of carbonyl (C=O) groups is 2. The van der Waals surface area contributed by atoms with Gasteiger partial charge in [0.25, 0.3) is 0 Å². The Balaban J connectivity index is 1.53. The lowest BCUT2D eigenvalue weighted by molar-refractivity contribution is -0.142. The molecule has 1 aliphatic heterocycles. The molecule has 1 aromatic heterocycles. The van der Waals surface area contributed by atoms with Gasteiger partial charge in [-0.3, -0.25) is 4.90 Å². The van der Waals surface area contributed by atoms with Gasteiger partial charge in [-0.1, -0.05) is 43.2 Å². The molecule has 2 heterocycles. The van der Waals surface area contributed by atoms with Crippen LogP contribution in [0, 0.1) is 0 Å². The van der Waals surface area contributed by atoms with Crippen LogP contribution < -0.4 is 5.32 Å². The molecule has 0 spiro atoms. The molecule has 1 aliphatic rings. The summed E-state index contributed by atoms with van der Waals surface area (Å²) < 4.78 is 10.1. The van der Waals surface area contributed by atoms with Crippen molar-refractivity contribution < 1.29 is 19.1 Å². The van der Waals surface area contributed by atoms with Crippen molar-refractivity contribution in [3.63, 3.8) is 0 Å². The molecule has 0 saturated carbocycles. The second-order valence-corrected chi connectivity index (χ2v) is 8.80. The maximum atomic E-state index is 12.2. The summed E-state index contributed by atoms with van der Waals surface area (Å²) in [5.74, 6) is -0.478. The number of alkyl carbamates (subject to hydrolysis) is 1. The van der Waals surface area contributed by atoms with E-state index >= 15 is 0 Å². The average molecular weight is 431 g/mol. The summed E-state index contributed by atoms with van der Waals surface area (Å²) in [4.78, 5) is 29.2. The zero-order chi connectivity index (χ0) is 21.2. The number of esters is 1. The molecule has 3 rings (SSSR count). The highest BCUT2D eigenvalue weighted by atomic mass is 32.1. The highest BCUT2D eigenvalue weighted by molar-refractivity contribution is 7.12. The SMILES string of the molecule is COC(=O)C(Cc1ccc(CN2CCCCCC2)s1)NC(=O)OCc1ccccc1. The fraction of sp³-hybridized carbons (Fsp3) is 0.478. The van der Waals surface area contributed by atoms with Crippen LogP contribution in [0.5, 0.6) is 0 Å². The maximum Gasteiger partial charge on any atom is 0.408 e. The molecule has 1 fully saturated rings. The Morgan fingerprint density at radius 2 is 1.73 bits per heavy atom. The third-order valence-electron chi connectivity index (χ3n) is 5.19. The lowest BCUT2D eigenvalue weighted by Gasteiger charge is -2.18. The van der Waals surface area contributed by atoms with Crippen LogP contribution in [0.4, 0.5) is 4.79 Å². The van der Waals surface area contributed by atoms with Gasteiger partial charge < -0.3 is 14.8 Å². The third-order valence-corrected chi connectivity index (χ3v) is 6.28. The molecular formula is C23H30N2O4S. The minimum atomic E-state index is -0.775. The van der Waals surface area contributed by atoms with Gasteiger partial charge in [0.1, 0.15) is 12.6 Å². The van der Waals surface area contributed by atoms with Gasteiger partial charge in [0.2, 0.25) is 0 Å². The number of methoxy groups -OCH3 is 1. The molecule has 1 unspecified atom stereocenters. The average Bonchev–Trinajstić information content (AvgIpc) is 3.04. The molecule has 162 valence electrons. The van der Waals surface area contributed by atoms with Crippen molar-refractivity contribution in [1.29, 1.82) is 0 Å². The first kappa shape index (κ1) is 22.3. The van der Waals surface area contributed by atoms with Crippen LogP contribution in [0.1, 0.15) is 41.0 Å². The first-order valence-electron chi connectivity index (χ1n) is 10.5. The number of nitrogens with one attached hydrogen (secondary N) is 1. The molecule has 30 heavy (non-hydrogen) atoms. The Labute approximate surface area is 182 Å². The van der Waals surface area contributed by atoms with E-state index in [1.54, 1.807) is 11.3 Å². The highest BCUT2D eigenvalue weighted by Gasteiger charge is 2.23. The van der Waals surface area contributed by atoms with E-state index in [4.69, 9.17) is 9.47 Å². The summed E-state index contributed by atoms with van der Waals surface area (Å²) in [5, 5.41) is 2.65. The molecule has 7 heteroatoms. The van der Waals surface area contributed by atoms with Crippen molar-refractivity contribution in [2.75, 3.05) is 20.2 Å². The summed E-state index contributed by atoms with van der Waals surface area (Å²) in [6.45, 7) is 3.39. The predicted molar refractivity (Wildman–Crippen MR) is 117 cm³/mol. The van der Waals surface area contributed by atoms with E-state index in [0.717, 1.165) is 30.1 Å². The lowest BCUT2D eigenvalue weighted by Crippen LogP contribution is -2.43. The minimum Gasteiger partial charge on any atom is -0.467 e. The predicted octanol–water partition coefficient (Wildman–Crippen LogP) is 4.13. The van der Waals surface area contributed by atoms with Gasteiger partial charge in [0.05, 0.1) is 7.11 Å². The van der Waals surface area contributed by atoms with Crippen molar-refractivity contribution in [2.24, 2.45) is 0 Å². The standard InChI is InChI=1S/C23H30N2O4S/c1-28-22(26)21(24-23(27)29-17-18-9-5-4-6-10-18)15-19-11-12-20(30-19)16-25-13-7-2-3-8-14-25/h4-6,9-12,21H,2-3,7-8,13-17H2,1H3,(H,24,27). The Morgan fingerprint density at radius 3 is 2.43 bits per heavy atom. The maximum absolute atomic E-state index is 12.2. The van der Waals surface area contributed by atoms with E-state index < -0.39 is 18.1 Å². The summed E-state index contributed by atoms with van der Waals surface area (Å²) in [6, 6.07) is 12.8. The molecule has 1 saturated heterocycles.